The van der Waals surface area contributed by atoms with Crippen LogP contribution in [0.2, 0.25) is 0 Å². The number of likely N-dealkylation sites (tertiary alicyclic amines) is 1. The first kappa shape index (κ1) is 18.2. The van der Waals surface area contributed by atoms with E-state index in [2.05, 4.69) is 4.72 Å². The molecule has 2 saturated heterocycles. The Morgan fingerprint density at radius 2 is 2.00 bits per heavy atom. The van der Waals surface area contributed by atoms with Gasteiger partial charge in [0.15, 0.2) is 0 Å². The molecule has 2 atom stereocenters. The molecular formula is C15H26N2O5S. The van der Waals surface area contributed by atoms with Crippen LogP contribution in [-0.4, -0.2) is 56.7 Å². The number of sulfonamides is 1. The van der Waals surface area contributed by atoms with Crippen LogP contribution >= 0.6 is 0 Å². The van der Waals surface area contributed by atoms with Crippen molar-refractivity contribution in [1.82, 2.24) is 9.62 Å². The number of hydrogen-bond acceptors (Lipinski definition) is 5. The van der Waals surface area contributed by atoms with Crippen LogP contribution in [0, 0.1) is 5.92 Å². The summed E-state index contributed by atoms with van der Waals surface area (Å²) < 4.78 is 31.8. The van der Waals surface area contributed by atoms with E-state index in [0.29, 0.717) is 39.0 Å². The van der Waals surface area contributed by atoms with E-state index in [-0.39, 0.29) is 17.8 Å². The first-order chi connectivity index (χ1) is 10.9. The molecular weight excluding hydrogens is 320 g/mol. The van der Waals surface area contributed by atoms with Gasteiger partial charge in [0.1, 0.15) is 0 Å². The molecule has 0 aromatic carbocycles. The second-order valence-corrected chi connectivity index (χ2v) is 8.04. The van der Waals surface area contributed by atoms with Gasteiger partial charge in [0, 0.05) is 26.1 Å². The van der Waals surface area contributed by atoms with Gasteiger partial charge in [-0.05, 0) is 32.1 Å². The normalized spacial score (nSPS) is 25.9. The van der Waals surface area contributed by atoms with E-state index in [0.717, 1.165) is 19.3 Å². The van der Waals surface area contributed by atoms with Gasteiger partial charge in [0.2, 0.25) is 21.8 Å². The molecule has 0 aromatic heterocycles. The number of rotatable bonds is 5. The summed E-state index contributed by atoms with van der Waals surface area (Å²) in [6.45, 7) is 3.29. The zero-order valence-corrected chi connectivity index (χ0v) is 14.4. The third-order valence-electron chi connectivity index (χ3n) is 4.38. The highest BCUT2D eigenvalue weighted by Crippen LogP contribution is 2.18. The molecule has 0 aliphatic carbocycles. The van der Waals surface area contributed by atoms with Crippen LogP contribution in [0.25, 0.3) is 0 Å². The predicted molar refractivity (Wildman–Crippen MR) is 85.1 cm³/mol. The number of ether oxygens (including phenoxy) is 1. The second-order valence-electron chi connectivity index (χ2n) is 6.27. The van der Waals surface area contributed by atoms with Gasteiger partial charge in [-0.1, -0.05) is 6.92 Å². The highest BCUT2D eigenvalue weighted by molar-refractivity contribution is 7.90. The third-order valence-corrected chi connectivity index (χ3v) is 5.71. The number of amides is 2. The molecule has 0 bridgehead atoms. The van der Waals surface area contributed by atoms with Crippen molar-refractivity contribution in [3.8, 4) is 0 Å². The van der Waals surface area contributed by atoms with Crippen molar-refractivity contribution in [3.63, 3.8) is 0 Å². The molecule has 2 rings (SSSR count). The van der Waals surface area contributed by atoms with Gasteiger partial charge in [0.05, 0.1) is 17.8 Å². The monoisotopic (exact) mass is 346 g/mol. The minimum Gasteiger partial charge on any atom is -0.377 e. The molecule has 0 saturated carbocycles. The number of carbonyl (C=O) groups is 2. The fourth-order valence-corrected chi connectivity index (χ4v) is 4.41. The molecule has 2 unspecified atom stereocenters. The minimum absolute atomic E-state index is 0.000891. The van der Waals surface area contributed by atoms with E-state index in [1.165, 1.54) is 0 Å². The fourth-order valence-electron chi connectivity index (χ4n) is 3.10. The molecule has 2 aliphatic rings. The molecule has 0 spiro atoms. The van der Waals surface area contributed by atoms with Crippen molar-refractivity contribution in [2.75, 3.05) is 25.4 Å². The molecule has 0 radical (unpaired) electrons. The molecule has 132 valence electrons. The van der Waals surface area contributed by atoms with Gasteiger partial charge in [0.25, 0.3) is 0 Å². The lowest BCUT2D eigenvalue weighted by molar-refractivity contribution is -0.134. The summed E-state index contributed by atoms with van der Waals surface area (Å²) in [6.07, 6.45) is 3.99. The van der Waals surface area contributed by atoms with Gasteiger partial charge in [-0.15, -0.1) is 0 Å². The summed E-state index contributed by atoms with van der Waals surface area (Å²) >= 11 is 0. The van der Waals surface area contributed by atoms with Gasteiger partial charge in [-0.3, -0.25) is 14.3 Å². The average Bonchev–Trinajstić information content (AvgIpc) is 2.54. The maximum Gasteiger partial charge on any atom is 0.238 e. The third kappa shape index (κ3) is 5.46. The standard InChI is InChI=1S/C15H26N2O5S/c1-2-14(18)17-8-5-6-12(10-17)15(19)16-23(20,21)11-13-7-3-4-9-22-13/h12-13H,2-11H2,1H3,(H,16,19). The van der Waals surface area contributed by atoms with Gasteiger partial charge >= 0.3 is 0 Å². The second kappa shape index (κ2) is 8.10. The van der Waals surface area contributed by atoms with Crippen molar-refractivity contribution in [2.24, 2.45) is 5.92 Å². The van der Waals surface area contributed by atoms with E-state index >= 15 is 0 Å². The topological polar surface area (TPSA) is 92.8 Å². The van der Waals surface area contributed by atoms with Gasteiger partial charge < -0.3 is 9.64 Å². The van der Waals surface area contributed by atoms with Crippen LogP contribution in [-0.2, 0) is 24.3 Å². The van der Waals surface area contributed by atoms with Crippen molar-refractivity contribution in [1.29, 1.82) is 0 Å². The highest BCUT2D eigenvalue weighted by Gasteiger charge is 2.31. The number of nitrogens with zero attached hydrogens (tertiary/aromatic N) is 1. The number of piperidine rings is 1. The van der Waals surface area contributed by atoms with Gasteiger partial charge in [-0.25, -0.2) is 8.42 Å². The molecule has 2 heterocycles. The number of nitrogens with one attached hydrogen (secondary N) is 1. The van der Waals surface area contributed by atoms with Crippen molar-refractivity contribution in [2.45, 2.75) is 51.6 Å². The lowest BCUT2D eigenvalue weighted by Gasteiger charge is -2.32. The summed E-state index contributed by atoms with van der Waals surface area (Å²) in [7, 11) is -3.70. The van der Waals surface area contributed by atoms with Crippen LogP contribution in [0.15, 0.2) is 0 Å². The number of carbonyl (C=O) groups excluding carboxylic acids is 2. The Morgan fingerprint density at radius 3 is 2.65 bits per heavy atom. The van der Waals surface area contributed by atoms with E-state index in [9.17, 15) is 18.0 Å². The summed E-state index contributed by atoms with van der Waals surface area (Å²) in [5.74, 6) is -1.14. The molecule has 8 heteroatoms. The number of hydrogen-bond donors (Lipinski definition) is 1. The van der Waals surface area contributed by atoms with Crippen molar-refractivity contribution < 1.29 is 22.7 Å². The maximum atomic E-state index is 12.2. The Bertz CT molecular complexity index is 528. The first-order valence-electron chi connectivity index (χ1n) is 8.35. The van der Waals surface area contributed by atoms with Crippen LogP contribution in [0.5, 0.6) is 0 Å². The predicted octanol–water partition coefficient (Wildman–Crippen LogP) is 0.650. The Kier molecular flexibility index (Phi) is 6.41. The maximum absolute atomic E-state index is 12.2. The smallest absolute Gasteiger partial charge is 0.238 e. The summed E-state index contributed by atoms with van der Waals surface area (Å²) in [4.78, 5) is 25.6. The quantitative estimate of drug-likeness (QED) is 0.789. The van der Waals surface area contributed by atoms with Crippen LogP contribution in [0.1, 0.15) is 45.4 Å². The van der Waals surface area contributed by atoms with Gasteiger partial charge in [-0.2, -0.15) is 0 Å². The summed E-state index contributed by atoms with van der Waals surface area (Å²) in [6, 6.07) is 0. The van der Waals surface area contributed by atoms with Crippen LogP contribution in [0.3, 0.4) is 0 Å². The van der Waals surface area contributed by atoms with Crippen molar-refractivity contribution >= 4 is 21.8 Å². The van der Waals surface area contributed by atoms with E-state index in [1.807, 2.05) is 0 Å². The largest absolute Gasteiger partial charge is 0.377 e. The summed E-state index contributed by atoms with van der Waals surface area (Å²) in [5, 5.41) is 0. The van der Waals surface area contributed by atoms with Crippen LogP contribution < -0.4 is 4.72 Å². The van der Waals surface area contributed by atoms with E-state index in [1.54, 1.807) is 11.8 Å². The zero-order valence-electron chi connectivity index (χ0n) is 13.6. The molecule has 2 amide bonds. The van der Waals surface area contributed by atoms with E-state index < -0.39 is 21.8 Å². The molecule has 2 aliphatic heterocycles. The minimum atomic E-state index is -3.70. The summed E-state index contributed by atoms with van der Waals surface area (Å²) in [5.41, 5.74) is 0. The lowest BCUT2D eigenvalue weighted by atomic mass is 9.97. The highest BCUT2D eigenvalue weighted by atomic mass is 32.2. The Morgan fingerprint density at radius 1 is 1.22 bits per heavy atom. The Balaban J connectivity index is 1.88. The Labute approximate surface area is 137 Å². The molecule has 7 nitrogen and oxygen atoms in total. The first-order valence-corrected chi connectivity index (χ1v) is 10.00. The van der Waals surface area contributed by atoms with Crippen molar-refractivity contribution in [3.05, 3.63) is 0 Å². The SMILES string of the molecule is CCC(=O)N1CCCC(C(=O)NS(=O)(=O)CC2CCCCO2)C1. The van der Waals surface area contributed by atoms with E-state index in [4.69, 9.17) is 4.74 Å². The Hall–Kier alpha value is -1.15. The molecule has 0 aromatic rings. The molecule has 2 fully saturated rings. The van der Waals surface area contributed by atoms with Crippen LogP contribution in [0.4, 0.5) is 0 Å². The molecule has 1 N–H and O–H groups in total. The average molecular weight is 346 g/mol. The molecule has 23 heavy (non-hydrogen) atoms. The zero-order chi connectivity index (χ0) is 16.9. The fraction of sp³-hybridized carbons (Fsp3) is 0.867. The lowest BCUT2D eigenvalue weighted by Crippen LogP contribution is -2.47.